The molecule has 1 unspecified atom stereocenters. The standard InChI is InChI=1S/C21H27N3O4/c1-23-7-5-21(6-8-23)17-11-15-12-24(18-2-3-19(25)22-20(18)26)28-13-16(15)10-14(17)4-9-27-21/h10-11,18H,2-9,12-13H2,1H3,(H,22,25,26). The lowest BCUT2D eigenvalue weighted by Crippen LogP contribution is -2.53. The minimum absolute atomic E-state index is 0.174. The van der Waals surface area contributed by atoms with Crippen LogP contribution in [0.15, 0.2) is 12.1 Å². The topological polar surface area (TPSA) is 71.1 Å². The number of carbonyl (C=O) groups is 2. The molecule has 1 spiro atoms. The first-order valence-electron chi connectivity index (χ1n) is 10.2. The number of rotatable bonds is 1. The zero-order chi connectivity index (χ0) is 19.3. The third kappa shape index (κ3) is 3.06. The van der Waals surface area contributed by atoms with Crippen LogP contribution < -0.4 is 5.32 Å². The number of nitrogens with one attached hydrogen (secondary N) is 1. The molecular formula is C21H27N3O4. The van der Waals surface area contributed by atoms with Crippen LogP contribution in [-0.4, -0.2) is 54.6 Å². The molecule has 0 radical (unpaired) electrons. The molecule has 0 aromatic heterocycles. The zero-order valence-corrected chi connectivity index (χ0v) is 16.3. The maximum absolute atomic E-state index is 12.2. The second-order valence-electron chi connectivity index (χ2n) is 8.49. The lowest BCUT2D eigenvalue weighted by molar-refractivity contribution is -0.216. The molecule has 1 aromatic rings. The molecule has 5 rings (SSSR count). The Morgan fingerprint density at radius 2 is 1.93 bits per heavy atom. The Kier molecular flexibility index (Phi) is 4.50. The van der Waals surface area contributed by atoms with Gasteiger partial charge in [-0.1, -0.05) is 12.1 Å². The van der Waals surface area contributed by atoms with Crippen molar-refractivity contribution in [2.45, 2.75) is 56.9 Å². The van der Waals surface area contributed by atoms with Gasteiger partial charge in [-0.25, -0.2) is 0 Å². The van der Waals surface area contributed by atoms with Gasteiger partial charge in [-0.3, -0.25) is 19.7 Å². The van der Waals surface area contributed by atoms with Gasteiger partial charge in [-0.2, -0.15) is 5.06 Å². The number of hydrogen-bond acceptors (Lipinski definition) is 6. The van der Waals surface area contributed by atoms with Gasteiger partial charge in [-0.05, 0) is 55.0 Å². The maximum Gasteiger partial charge on any atom is 0.246 e. The minimum Gasteiger partial charge on any atom is -0.370 e. The average molecular weight is 385 g/mol. The SMILES string of the molecule is CN1CCC2(CC1)OCCc1cc3c(cc12)CN(C1CCC(=O)NC1=O)OC3. The largest absolute Gasteiger partial charge is 0.370 e. The monoisotopic (exact) mass is 385 g/mol. The summed E-state index contributed by atoms with van der Waals surface area (Å²) in [6, 6.07) is 4.18. The summed E-state index contributed by atoms with van der Waals surface area (Å²) < 4.78 is 6.37. The van der Waals surface area contributed by atoms with Crippen molar-refractivity contribution in [3.05, 3.63) is 34.4 Å². The van der Waals surface area contributed by atoms with Crippen LogP contribution >= 0.6 is 0 Å². The Labute approximate surface area is 164 Å². The fourth-order valence-electron chi connectivity index (χ4n) is 5.00. The lowest BCUT2D eigenvalue weighted by Gasteiger charge is -2.45. The number of hydrogen-bond donors (Lipinski definition) is 1. The quantitative estimate of drug-likeness (QED) is 0.734. The molecule has 0 aliphatic carbocycles. The summed E-state index contributed by atoms with van der Waals surface area (Å²) in [5, 5.41) is 4.18. The van der Waals surface area contributed by atoms with Gasteiger partial charge in [0, 0.05) is 19.5 Å². The molecule has 7 heteroatoms. The van der Waals surface area contributed by atoms with Crippen LogP contribution in [-0.2, 0) is 44.3 Å². The molecule has 7 nitrogen and oxygen atoms in total. The summed E-state index contributed by atoms with van der Waals surface area (Å²) >= 11 is 0. The number of amides is 2. The minimum atomic E-state index is -0.407. The van der Waals surface area contributed by atoms with E-state index >= 15 is 0 Å². The molecule has 4 aliphatic heterocycles. The van der Waals surface area contributed by atoms with Crippen LogP contribution in [0.1, 0.15) is 47.9 Å². The number of likely N-dealkylation sites (tertiary alicyclic amines) is 1. The van der Waals surface area contributed by atoms with Crippen LogP contribution in [0, 0.1) is 0 Å². The number of nitrogens with zero attached hydrogens (tertiary/aromatic N) is 2. The molecule has 0 saturated carbocycles. The molecule has 1 atom stereocenters. The van der Waals surface area contributed by atoms with E-state index in [1.165, 1.54) is 22.3 Å². The van der Waals surface area contributed by atoms with Gasteiger partial charge in [0.1, 0.15) is 6.04 Å². The van der Waals surface area contributed by atoms with Gasteiger partial charge in [0.2, 0.25) is 11.8 Å². The second-order valence-corrected chi connectivity index (χ2v) is 8.49. The molecule has 150 valence electrons. The third-order valence-corrected chi connectivity index (χ3v) is 6.73. The van der Waals surface area contributed by atoms with Crippen molar-refractivity contribution in [1.29, 1.82) is 0 Å². The van der Waals surface area contributed by atoms with Crippen molar-refractivity contribution in [1.82, 2.24) is 15.3 Å². The molecule has 2 fully saturated rings. The Morgan fingerprint density at radius 1 is 1.11 bits per heavy atom. The van der Waals surface area contributed by atoms with Crippen LogP contribution in [0.25, 0.3) is 0 Å². The smallest absolute Gasteiger partial charge is 0.246 e. The van der Waals surface area contributed by atoms with Gasteiger partial charge >= 0.3 is 0 Å². The van der Waals surface area contributed by atoms with Crippen molar-refractivity contribution in [2.75, 3.05) is 26.7 Å². The molecule has 1 N–H and O–H groups in total. The molecular weight excluding hydrogens is 358 g/mol. The van der Waals surface area contributed by atoms with Crippen LogP contribution in [0.3, 0.4) is 0 Å². The first-order chi connectivity index (χ1) is 13.5. The summed E-state index contributed by atoms with van der Waals surface area (Å²) in [7, 11) is 2.17. The van der Waals surface area contributed by atoms with Crippen LogP contribution in [0.5, 0.6) is 0 Å². The fourth-order valence-corrected chi connectivity index (χ4v) is 5.00. The van der Waals surface area contributed by atoms with Crippen molar-refractivity contribution in [3.8, 4) is 0 Å². The van der Waals surface area contributed by atoms with Gasteiger partial charge in [0.15, 0.2) is 0 Å². The maximum atomic E-state index is 12.2. The van der Waals surface area contributed by atoms with Crippen molar-refractivity contribution in [3.63, 3.8) is 0 Å². The van der Waals surface area contributed by atoms with E-state index in [1.807, 2.05) is 0 Å². The summed E-state index contributed by atoms with van der Waals surface area (Å²) in [5.74, 6) is -0.457. The van der Waals surface area contributed by atoms with E-state index in [-0.39, 0.29) is 17.4 Å². The third-order valence-electron chi connectivity index (χ3n) is 6.73. The summed E-state index contributed by atoms with van der Waals surface area (Å²) in [6.45, 7) is 3.89. The summed E-state index contributed by atoms with van der Waals surface area (Å²) in [4.78, 5) is 32.0. The highest BCUT2D eigenvalue weighted by Gasteiger charge is 2.41. The highest BCUT2D eigenvalue weighted by Crippen LogP contribution is 2.43. The van der Waals surface area contributed by atoms with E-state index in [4.69, 9.17) is 9.57 Å². The molecule has 2 saturated heterocycles. The summed E-state index contributed by atoms with van der Waals surface area (Å²) in [5.41, 5.74) is 4.95. The molecule has 1 aromatic carbocycles. The number of piperidine rings is 2. The van der Waals surface area contributed by atoms with Crippen molar-refractivity contribution in [2.24, 2.45) is 0 Å². The number of ether oxygens (including phenoxy) is 1. The van der Waals surface area contributed by atoms with Crippen molar-refractivity contribution >= 4 is 11.8 Å². The van der Waals surface area contributed by atoms with Crippen LogP contribution in [0.2, 0.25) is 0 Å². The van der Waals surface area contributed by atoms with E-state index < -0.39 is 6.04 Å². The van der Waals surface area contributed by atoms with E-state index in [2.05, 4.69) is 29.4 Å². The second kappa shape index (κ2) is 6.91. The molecule has 4 aliphatic rings. The van der Waals surface area contributed by atoms with Crippen LogP contribution in [0.4, 0.5) is 0 Å². The Bertz CT molecular complexity index is 816. The van der Waals surface area contributed by atoms with Gasteiger partial charge < -0.3 is 9.64 Å². The number of imide groups is 1. The Hall–Kier alpha value is -1.80. The highest BCUT2D eigenvalue weighted by molar-refractivity contribution is 6.00. The number of hydroxylamine groups is 2. The predicted octanol–water partition coefficient (Wildman–Crippen LogP) is 1.23. The van der Waals surface area contributed by atoms with E-state index in [9.17, 15) is 9.59 Å². The number of carbonyl (C=O) groups excluding carboxylic acids is 2. The van der Waals surface area contributed by atoms with Gasteiger partial charge in [0.05, 0.1) is 25.4 Å². The Balaban J connectivity index is 1.43. The van der Waals surface area contributed by atoms with E-state index in [0.717, 1.165) is 39.0 Å². The summed E-state index contributed by atoms with van der Waals surface area (Å²) in [6.07, 6.45) is 3.84. The fraction of sp³-hybridized carbons (Fsp3) is 0.619. The van der Waals surface area contributed by atoms with Crippen molar-refractivity contribution < 1.29 is 19.2 Å². The number of benzene rings is 1. The molecule has 0 bridgehead atoms. The first-order valence-corrected chi connectivity index (χ1v) is 10.2. The first kappa shape index (κ1) is 18.2. The van der Waals surface area contributed by atoms with Gasteiger partial charge in [-0.15, -0.1) is 0 Å². The predicted molar refractivity (Wildman–Crippen MR) is 101 cm³/mol. The molecule has 2 amide bonds. The zero-order valence-electron chi connectivity index (χ0n) is 16.3. The lowest BCUT2D eigenvalue weighted by atomic mass is 9.78. The van der Waals surface area contributed by atoms with E-state index in [1.54, 1.807) is 5.06 Å². The normalized spacial score (nSPS) is 28.0. The molecule has 28 heavy (non-hydrogen) atoms. The molecule has 4 heterocycles. The highest BCUT2D eigenvalue weighted by atomic mass is 16.7. The Morgan fingerprint density at radius 3 is 2.71 bits per heavy atom. The number of fused-ring (bicyclic) bond motifs is 3. The van der Waals surface area contributed by atoms with E-state index in [0.29, 0.717) is 26.0 Å². The van der Waals surface area contributed by atoms with Gasteiger partial charge in [0.25, 0.3) is 0 Å². The average Bonchev–Trinajstić information content (AvgIpc) is 2.69.